The van der Waals surface area contributed by atoms with Gasteiger partial charge in [-0.2, -0.15) is 0 Å². The molecule has 0 bridgehead atoms. The molecule has 9 heteroatoms. The maximum atomic E-state index is 9.32. The monoisotopic (exact) mass is 185 g/mol. The molecule has 8 nitrogen and oxygen atoms in total. The van der Waals surface area contributed by atoms with Crippen LogP contribution in [0.25, 0.3) is 0 Å². The van der Waals surface area contributed by atoms with Gasteiger partial charge in [-0.1, -0.05) is 0 Å². The van der Waals surface area contributed by atoms with Crippen LogP contribution in [0, 0.1) is 5.41 Å². The normalized spacial score (nSPS) is 9.73. The van der Waals surface area contributed by atoms with Crippen LogP contribution in [0.4, 0.5) is 0 Å². The lowest BCUT2D eigenvalue weighted by atomic mass is 11.1. The van der Waals surface area contributed by atoms with E-state index < -0.39 is 14.6 Å². The second kappa shape index (κ2) is 6.08. The van der Waals surface area contributed by atoms with Gasteiger partial charge in [0.1, 0.15) is 6.79 Å². The molecule has 0 amide bonds. The summed E-state index contributed by atoms with van der Waals surface area (Å²) >= 11 is 0. The zero-order valence-corrected chi connectivity index (χ0v) is 6.28. The Morgan fingerprint density at radius 1 is 1.64 bits per heavy atom. The molecule has 0 saturated carbocycles. The molecule has 0 fully saturated rings. The van der Waals surface area contributed by atoms with E-state index in [1.54, 1.807) is 0 Å². The molecule has 0 spiro atoms. The first-order chi connectivity index (χ1) is 4.79. The molecule has 0 saturated heterocycles. The Labute approximate surface area is 62.5 Å². The predicted octanol–water partition coefficient (Wildman–Crippen LogP) is -3.38. The first-order valence-electron chi connectivity index (χ1n) is 2.16. The van der Waals surface area contributed by atoms with Crippen molar-refractivity contribution in [1.29, 1.82) is 5.41 Å². The van der Waals surface area contributed by atoms with Gasteiger partial charge in [-0.05, 0) is 0 Å². The molecule has 6 N–H and O–H groups in total. The third-order valence-electron chi connectivity index (χ3n) is 0.216. The largest absolute Gasteiger partial charge is 0.790 e. The van der Waals surface area contributed by atoms with Crippen molar-refractivity contribution < 1.29 is 24.0 Å². The quantitative estimate of drug-likeness (QED) is 0.150. The average molecular weight is 185 g/mol. The number of nitrogens with two attached hydrogens (primary N) is 2. The Morgan fingerprint density at radius 3 is 1.91 bits per heavy atom. The molecule has 0 aliphatic rings. The van der Waals surface area contributed by atoms with E-state index in [0.29, 0.717) is 0 Å². The summed E-state index contributed by atoms with van der Waals surface area (Å²) in [5, 5.41) is 13.7. The molecule has 11 heavy (non-hydrogen) atoms. The smallest absolute Gasteiger partial charge is 0.183 e. The summed E-state index contributed by atoms with van der Waals surface area (Å²) in [6.07, 6.45) is 0. The highest BCUT2D eigenvalue weighted by molar-refractivity contribution is 7.43. The van der Waals surface area contributed by atoms with Crippen molar-refractivity contribution in [1.82, 2.24) is 0 Å². The van der Waals surface area contributed by atoms with Gasteiger partial charge in [0.15, 0.2) is 5.96 Å². The van der Waals surface area contributed by atoms with Crippen LogP contribution in [-0.4, -0.2) is 17.9 Å². The van der Waals surface area contributed by atoms with E-state index in [1.165, 1.54) is 0 Å². The van der Waals surface area contributed by atoms with Crippen molar-refractivity contribution in [2.45, 2.75) is 0 Å². The van der Waals surface area contributed by atoms with Gasteiger partial charge < -0.3 is 35.4 Å². The summed E-state index contributed by atoms with van der Waals surface area (Å²) in [6, 6.07) is 0. The van der Waals surface area contributed by atoms with Gasteiger partial charge >= 0.3 is 0 Å². The Kier molecular flexibility index (Phi) is 7.16. The van der Waals surface area contributed by atoms with Gasteiger partial charge in [-0.15, -0.1) is 0 Å². The number of phosphoric acid groups is 1. The van der Waals surface area contributed by atoms with Gasteiger partial charge in [0.25, 0.3) is 0 Å². The molecule has 0 aliphatic carbocycles. The zero-order chi connectivity index (χ0) is 9.49. The SMILES string of the molecule is N=C(N)N.O=P([O-])([O-])OCO. The van der Waals surface area contributed by atoms with E-state index in [2.05, 4.69) is 16.0 Å². The number of guanidine groups is 1. The maximum absolute atomic E-state index is 9.32. The molecule has 68 valence electrons. The average Bonchev–Trinajstić information content (AvgIpc) is 1.58. The van der Waals surface area contributed by atoms with Crippen molar-refractivity contribution in [3.05, 3.63) is 0 Å². The maximum Gasteiger partial charge on any atom is 0.183 e. The summed E-state index contributed by atoms with van der Waals surface area (Å²) in [4.78, 5) is 18.6. The van der Waals surface area contributed by atoms with E-state index in [4.69, 9.17) is 10.5 Å². The molecule has 0 aliphatic heterocycles. The highest BCUT2D eigenvalue weighted by atomic mass is 31.2. The predicted molar refractivity (Wildman–Crippen MR) is 31.9 cm³/mol. The third kappa shape index (κ3) is 45.1. The van der Waals surface area contributed by atoms with Crippen LogP contribution in [0.15, 0.2) is 0 Å². The van der Waals surface area contributed by atoms with Crippen LogP contribution in [0.3, 0.4) is 0 Å². The lowest BCUT2D eigenvalue weighted by molar-refractivity contribution is -0.345. The minimum absolute atomic E-state index is 0.333. The van der Waals surface area contributed by atoms with E-state index in [1.807, 2.05) is 0 Å². The van der Waals surface area contributed by atoms with E-state index in [0.717, 1.165) is 0 Å². The minimum Gasteiger partial charge on any atom is -0.790 e. The fourth-order valence-electron chi connectivity index (χ4n) is 0.0707. The summed E-state index contributed by atoms with van der Waals surface area (Å²) in [7, 11) is -4.92. The molecular weight excluding hydrogens is 177 g/mol. The van der Waals surface area contributed by atoms with Gasteiger partial charge in [0, 0.05) is 0 Å². The highest BCUT2D eigenvalue weighted by Gasteiger charge is 1.82. The second-order valence-electron chi connectivity index (χ2n) is 1.16. The standard InChI is InChI=1S/CH5N3.CH5O5P/c2-1(3)4;2-1-6-7(3,4)5/h(H5,2,3,4);2H,1H2,(H2,3,4,5)/p-2. The lowest BCUT2D eigenvalue weighted by Crippen LogP contribution is -2.20. The number of aliphatic hydroxyl groups is 1. The minimum atomic E-state index is -4.92. The van der Waals surface area contributed by atoms with Crippen molar-refractivity contribution in [3.63, 3.8) is 0 Å². The van der Waals surface area contributed by atoms with Gasteiger partial charge in [0.05, 0.1) is 7.82 Å². The number of hydrogen-bond acceptors (Lipinski definition) is 6. The molecule has 0 aromatic rings. The van der Waals surface area contributed by atoms with Crippen LogP contribution in [0.5, 0.6) is 0 Å². The molecule has 0 unspecified atom stereocenters. The Bertz CT molecular complexity index is 150. The summed E-state index contributed by atoms with van der Waals surface area (Å²) in [6.45, 7) is -1.08. The van der Waals surface area contributed by atoms with Gasteiger partial charge in [-0.3, -0.25) is 5.41 Å². The van der Waals surface area contributed by atoms with Crippen LogP contribution >= 0.6 is 7.82 Å². The Hall–Kier alpha value is -0.660. The number of rotatable bonds is 2. The van der Waals surface area contributed by atoms with E-state index in [9.17, 15) is 14.4 Å². The van der Waals surface area contributed by atoms with Crippen molar-refractivity contribution in [2.24, 2.45) is 11.5 Å². The summed E-state index contributed by atoms with van der Waals surface area (Å²) in [5.41, 5.74) is 8.94. The van der Waals surface area contributed by atoms with Crippen LogP contribution in [0.1, 0.15) is 0 Å². The summed E-state index contributed by atoms with van der Waals surface area (Å²) < 4.78 is 12.6. The molecule has 0 aromatic carbocycles. The van der Waals surface area contributed by atoms with Crippen LogP contribution < -0.4 is 21.3 Å². The number of nitrogens with one attached hydrogen (secondary N) is 1. The summed E-state index contributed by atoms with van der Waals surface area (Å²) in [5.74, 6) is -0.333. The lowest BCUT2D eigenvalue weighted by Gasteiger charge is -2.26. The fourth-order valence-corrected chi connectivity index (χ4v) is 0.212. The molecular formula is C2H8N3O5P-2. The van der Waals surface area contributed by atoms with E-state index >= 15 is 0 Å². The topological polar surface area (TPSA) is 169 Å². The Balaban J connectivity index is 0. The molecule has 0 radical (unpaired) electrons. The molecule has 0 rings (SSSR count). The van der Waals surface area contributed by atoms with Crippen molar-refractivity contribution >= 4 is 13.8 Å². The first kappa shape index (κ1) is 13.0. The van der Waals surface area contributed by atoms with Crippen LogP contribution in [-0.2, 0) is 9.09 Å². The van der Waals surface area contributed by atoms with Crippen LogP contribution in [0.2, 0.25) is 0 Å². The third-order valence-corrected chi connectivity index (χ3v) is 0.648. The molecule has 0 atom stereocenters. The molecule has 0 aromatic heterocycles. The highest BCUT2D eigenvalue weighted by Crippen LogP contribution is 2.22. The van der Waals surface area contributed by atoms with Gasteiger partial charge in [-0.25, -0.2) is 0 Å². The number of aliphatic hydroxyl groups excluding tert-OH is 1. The van der Waals surface area contributed by atoms with Crippen molar-refractivity contribution in [2.75, 3.05) is 6.79 Å². The first-order valence-corrected chi connectivity index (χ1v) is 3.62. The van der Waals surface area contributed by atoms with Gasteiger partial charge in [0.2, 0.25) is 0 Å². The number of phosphoric ester groups is 1. The fraction of sp³-hybridized carbons (Fsp3) is 0.500. The zero-order valence-electron chi connectivity index (χ0n) is 5.39. The Morgan fingerprint density at radius 2 is 1.91 bits per heavy atom. The van der Waals surface area contributed by atoms with E-state index in [-0.39, 0.29) is 5.96 Å². The second-order valence-corrected chi connectivity index (χ2v) is 2.31. The molecule has 0 heterocycles. The van der Waals surface area contributed by atoms with Crippen molar-refractivity contribution in [3.8, 4) is 0 Å². The number of hydrogen-bond donors (Lipinski definition) is 4.